The van der Waals surface area contributed by atoms with Gasteiger partial charge in [-0.1, -0.05) is 98.1 Å². The number of aryl methyl sites for hydroxylation is 1. The lowest BCUT2D eigenvalue weighted by Gasteiger charge is -2.02. The number of nitrogens with zero attached hydrogens (tertiary/aromatic N) is 2. The third-order valence-corrected chi connectivity index (χ3v) is 7.43. The maximum Gasteiger partial charge on any atom is 0.214 e. The lowest BCUT2D eigenvalue weighted by Crippen LogP contribution is -2.26. The molecule has 0 unspecified atom stereocenters. The standard InChI is InChI=1S/C35H29N2/c1-24-30(36(3)32-22-20-26-14-10-12-16-28(26)34(24)32)18-8-6-5-7-9-19-31-25(2)35-29-17-13-11-15-27(29)21-23-33(35)37(31)4/h5-23H,1-2H2,3-4H3/q+1. The summed E-state index contributed by atoms with van der Waals surface area (Å²) >= 11 is 0. The Balaban J connectivity index is 1.24. The quantitative estimate of drug-likeness (QED) is 0.199. The summed E-state index contributed by atoms with van der Waals surface area (Å²) < 4.78 is 4.44. The van der Waals surface area contributed by atoms with Crippen LogP contribution in [0.15, 0.2) is 116 Å². The third kappa shape index (κ3) is 3.70. The molecule has 2 nitrogen and oxygen atoms in total. The Morgan fingerprint density at radius 3 is 2.19 bits per heavy atom. The van der Waals surface area contributed by atoms with Crippen molar-refractivity contribution < 1.29 is 4.58 Å². The molecule has 0 N–H and O–H groups in total. The van der Waals surface area contributed by atoms with Gasteiger partial charge >= 0.3 is 0 Å². The van der Waals surface area contributed by atoms with Gasteiger partial charge in [0.05, 0.1) is 11.1 Å². The molecule has 0 spiro atoms. The highest BCUT2D eigenvalue weighted by Crippen LogP contribution is 2.38. The molecular formula is C35H29N2+. The predicted octanol–water partition coefficient (Wildman–Crippen LogP) is 6.79. The number of hydrogen-bond acceptors (Lipinski definition) is 0. The smallest absolute Gasteiger partial charge is 0.214 e. The molecule has 0 aliphatic carbocycles. The van der Waals surface area contributed by atoms with Gasteiger partial charge in [0.15, 0.2) is 0 Å². The first kappa shape index (κ1) is 22.8. The van der Waals surface area contributed by atoms with E-state index in [0.717, 1.165) is 21.9 Å². The van der Waals surface area contributed by atoms with E-state index in [2.05, 4.69) is 152 Å². The van der Waals surface area contributed by atoms with E-state index in [-0.39, 0.29) is 0 Å². The Morgan fingerprint density at radius 1 is 0.730 bits per heavy atom. The minimum atomic E-state index is 1.06. The molecule has 2 heterocycles. The fraction of sp³-hybridized carbons (Fsp3) is 0.0571. The molecular weight excluding hydrogens is 448 g/mol. The highest BCUT2D eigenvalue weighted by molar-refractivity contribution is 6.32. The minimum absolute atomic E-state index is 1.06. The molecule has 0 saturated heterocycles. The van der Waals surface area contributed by atoms with Crippen molar-refractivity contribution in [1.29, 1.82) is 0 Å². The largest absolute Gasteiger partial charge is 0.344 e. The van der Waals surface area contributed by atoms with Crippen LogP contribution in [0.3, 0.4) is 0 Å². The van der Waals surface area contributed by atoms with Crippen LogP contribution in [0.4, 0.5) is 5.69 Å². The van der Waals surface area contributed by atoms with E-state index in [9.17, 15) is 0 Å². The van der Waals surface area contributed by atoms with Crippen molar-refractivity contribution in [2.45, 2.75) is 0 Å². The summed E-state index contributed by atoms with van der Waals surface area (Å²) in [7, 11) is 4.21. The Labute approximate surface area is 217 Å². The van der Waals surface area contributed by atoms with E-state index in [1.807, 2.05) is 0 Å². The van der Waals surface area contributed by atoms with Gasteiger partial charge in [0.1, 0.15) is 7.05 Å². The second kappa shape index (κ2) is 9.07. The first-order chi connectivity index (χ1) is 18.1. The lowest BCUT2D eigenvalue weighted by atomic mass is 9.97. The number of benzene rings is 4. The van der Waals surface area contributed by atoms with Crippen LogP contribution in [0.2, 0.25) is 0 Å². The van der Waals surface area contributed by atoms with Crippen molar-refractivity contribution >= 4 is 62.1 Å². The van der Waals surface area contributed by atoms with E-state index in [4.69, 9.17) is 0 Å². The highest BCUT2D eigenvalue weighted by Gasteiger charge is 2.30. The first-order valence-corrected chi connectivity index (χ1v) is 12.5. The van der Waals surface area contributed by atoms with Gasteiger partial charge in [-0.2, -0.15) is 4.58 Å². The summed E-state index contributed by atoms with van der Waals surface area (Å²) in [6.45, 7) is 8.82. The molecule has 178 valence electrons. The van der Waals surface area contributed by atoms with Crippen LogP contribution in [-0.4, -0.2) is 21.9 Å². The topological polar surface area (TPSA) is 7.94 Å². The molecule has 37 heavy (non-hydrogen) atoms. The van der Waals surface area contributed by atoms with Crippen LogP contribution in [0.1, 0.15) is 5.56 Å². The van der Waals surface area contributed by atoms with Crippen LogP contribution in [0.25, 0.3) is 50.7 Å². The highest BCUT2D eigenvalue weighted by atomic mass is 15.0. The van der Waals surface area contributed by atoms with E-state index in [1.54, 1.807) is 0 Å². The van der Waals surface area contributed by atoms with Crippen LogP contribution in [0.5, 0.6) is 0 Å². The van der Waals surface area contributed by atoms with Crippen LogP contribution in [0, 0.1) is 0 Å². The zero-order valence-electron chi connectivity index (χ0n) is 21.3. The molecule has 6 rings (SSSR count). The van der Waals surface area contributed by atoms with E-state index >= 15 is 0 Å². The van der Waals surface area contributed by atoms with E-state index < -0.39 is 0 Å². The number of allylic oxidation sites excluding steroid dienone is 7. The molecule has 0 fully saturated rings. The van der Waals surface area contributed by atoms with Gasteiger partial charge in [0.2, 0.25) is 11.4 Å². The zero-order valence-corrected chi connectivity index (χ0v) is 21.3. The van der Waals surface area contributed by atoms with Crippen LogP contribution >= 0.6 is 0 Å². The minimum Gasteiger partial charge on any atom is -0.344 e. The molecule has 1 aliphatic rings. The first-order valence-electron chi connectivity index (χ1n) is 12.5. The van der Waals surface area contributed by atoms with E-state index in [1.165, 1.54) is 43.7 Å². The molecule has 0 radical (unpaired) electrons. The van der Waals surface area contributed by atoms with Crippen molar-refractivity contribution in [1.82, 2.24) is 4.57 Å². The van der Waals surface area contributed by atoms with Gasteiger partial charge in [-0.25, -0.2) is 0 Å². The summed E-state index contributed by atoms with van der Waals surface area (Å²) in [6, 6.07) is 25.7. The van der Waals surface area contributed by atoms with Crippen molar-refractivity contribution in [3.8, 4) is 0 Å². The summed E-state index contributed by atoms with van der Waals surface area (Å²) in [5, 5.41) is 8.40. The maximum absolute atomic E-state index is 4.41. The second-order valence-electron chi connectivity index (χ2n) is 9.50. The second-order valence-corrected chi connectivity index (χ2v) is 9.50. The number of aromatic nitrogens is 1. The summed E-state index contributed by atoms with van der Waals surface area (Å²) in [6.07, 6.45) is 14.6. The molecule has 1 aromatic heterocycles. The van der Waals surface area contributed by atoms with Crippen molar-refractivity contribution in [3.05, 3.63) is 132 Å². The fourth-order valence-electron chi connectivity index (χ4n) is 5.54. The van der Waals surface area contributed by atoms with E-state index in [0.29, 0.717) is 0 Å². The van der Waals surface area contributed by atoms with Crippen molar-refractivity contribution in [2.24, 2.45) is 7.05 Å². The summed E-state index contributed by atoms with van der Waals surface area (Å²) in [4.78, 5) is 0. The average Bonchev–Trinajstić information content (AvgIpc) is 3.32. The monoisotopic (exact) mass is 477 g/mol. The van der Waals surface area contributed by atoms with Gasteiger partial charge in [-0.3, -0.25) is 0 Å². The lowest BCUT2D eigenvalue weighted by molar-refractivity contribution is -0.399. The molecule has 0 amide bonds. The number of fused-ring (bicyclic) bond motifs is 6. The Kier molecular flexibility index (Phi) is 5.58. The number of rotatable bonds is 4. The van der Waals surface area contributed by atoms with Gasteiger partial charge in [-0.15, -0.1) is 0 Å². The SMILES string of the molecule is C=C1C(/C=C/C=C/C=C/C=c2\c(=C)c3c4ccccc4ccc3n2C)=[N+](C)c2ccc3ccccc3c21. The number of hydrogen-bond donors (Lipinski definition) is 0. The summed E-state index contributed by atoms with van der Waals surface area (Å²) in [5.74, 6) is 0. The molecule has 2 heteroatoms. The zero-order chi connectivity index (χ0) is 25.5. The molecule has 0 atom stereocenters. The van der Waals surface area contributed by atoms with Crippen LogP contribution < -0.4 is 10.6 Å². The Morgan fingerprint density at radius 2 is 1.38 bits per heavy atom. The van der Waals surface area contributed by atoms with Gasteiger partial charge in [0.25, 0.3) is 0 Å². The molecule has 0 saturated carbocycles. The predicted molar refractivity (Wildman–Crippen MR) is 161 cm³/mol. The van der Waals surface area contributed by atoms with Crippen LogP contribution in [-0.2, 0) is 7.05 Å². The summed E-state index contributed by atoms with van der Waals surface area (Å²) in [5.41, 5.74) is 5.82. The van der Waals surface area contributed by atoms with Gasteiger partial charge < -0.3 is 4.57 Å². The Bertz CT molecular complexity index is 1970. The molecule has 5 aromatic rings. The normalized spacial score (nSPS) is 14.6. The average molecular weight is 478 g/mol. The molecule has 4 aromatic carbocycles. The van der Waals surface area contributed by atoms with Crippen molar-refractivity contribution in [3.63, 3.8) is 0 Å². The molecule has 0 bridgehead atoms. The molecule has 1 aliphatic heterocycles. The fourth-order valence-corrected chi connectivity index (χ4v) is 5.54. The maximum atomic E-state index is 4.41. The third-order valence-electron chi connectivity index (χ3n) is 7.43. The van der Waals surface area contributed by atoms with Gasteiger partial charge in [0, 0.05) is 40.7 Å². The Hall–Kier alpha value is -4.69. The van der Waals surface area contributed by atoms with Gasteiger partial charge in [-0.05, 0) is 39.8 Å². The van der Waals surface area contributed by atoms with Crippen molar-refractivity contribution in [2.75, 3.05) is 7.05 Å².